The van der Waals surface area contributed by atoms with Crippen LogP contribution in [0.1, 0.15) is 17.3 Å². The van der Waals surface area contributed by atoms with Gasteiger partial charge in [-0.25, -0.2) is 8.42 Å². The number of benzene rings is 1. The molecule has 0 aliphatic rings. The molecule has 0 bridgehead atoms. The van der Waals surface area contributed by atoms with E-state index in [-0.39, 0.29) is 22.7 Å². The molecule has 0 aliphatic heterocycles. The van der Waals surface area contributed by atoms with Crippen molar-refractivity contribution in [3.05, 3.63) is 23.8 Å². The lowest BCUT2D eigenvalue weighted by Gasteiger charge is -2.07. The van der Waals surface area contributed by atoms with Crippen molar-refractivity contribution >= 4 is 32.2 Å². The smallest absolute Gasteiger partial charge is 0.251 e. The van der Waals surface area contributed by atoms with Crippen molar-refractivity contribution in [3.8, 4) is 0 Å². The maximum absolute atomic E-state index is 11.9. The molecule has 0 radical (unpaired) electrons. The Bertz CT molecular complexity index is 626. The van der Waals surface area contributed by atoms with Crippen molar-refractivity contribution in [3.63, 3.8) is 0 Å². The SMILES string of the molecule is CCS(=O)CCNC(=O)c1cc(N)cc(S(C)(=O)=O)c1. The number of hydrogen-bond donors (Lipinski definition) is 2. The Hall–Kier alpha value is -1.41. The number of nitrogens with two attached hydrogens (primary N) is 1. The quantitative estimate of drug-likeness (QED) is 0.727. The highest BCUT2D eigenvalue weighted by molar-refractivity contribution is 7.90. The third-order valence-corrected chi connectivity index (χ3v) is 4.95. The fraction of sp³-hybridized carbons (Fsp3) is 0.417. The maximum atomic E-state index is 11.9. The summed E-state index contributed by atoms with van der Waals surface area (Å²) in [4.78, 5) is 11.9. The molecule has 0 saturated carbocycles. The number of nitrogens with one attached hydrogen (secondary N) is 1. The molecule has 1 aromatic rings. The van der Waals surface area contributed by atoms with Gasteiger partial charge in [-0.15, -0.1) is 0 Å². The molecule has 112 valence electrons. The Balaban J connectivity index is 2.83. The minimum absolute atomic E-state index is 0.000199. The van der Waals surface area contributed by atoms with Gasteiger partial charge in [0.05, 0.1) is 4.90 Å². The molecule has 0 aliphatic carbocycles. The molecule has 0 aromatic heterocycles. The van der Waals surface area contributed by atoms with Crippen LogP contribution in [0.3, 0.4) is 0 Å². The van der Waals surface area contributed by atoms with Crippen LogP contribution in [0.5, 0.6) is 0 Å². The van der Waals surface area contributed by atoms with Crippen LogP contribution in [0.25, 0.3) is 0 Å². The summed E-state index contributed by atoms with van der Waals surface area (Å²) in [6.45, 7) is 2.07. The van der Waals surface area contributed by atoms with Gasteiger partial charge in [0.15, 0.2) is 9.84 Å². The highest BCUT2D eigenvalue weighted by atomic mass is 32.2. The third-order valence-electron chi connectivity index (χ3n) is 2.56. The van der Waals surface area contributed by atoms with Crippen molar-refractivity contribution in [2.75, 3.05) is 30.0 Å². The molecule has 0 heterocycles. The van der Waals surface area contributed by atoms with Gasteiger partial charge < -0.3 is 11.1 Å². The molecular formula is C12H18N2O4S2. The zero-order valence-electron chi connectivity index (χ0n) is 11.4. The number of sulfone groups is 1. The van der Waals surface area contributed by atoms with Gasteiger partial charge in [-0.05, 0) is 18.2 Å². The van der Waals surface area contributed by atoms with E-state index in [1.54, 1.807) is 6.92 Å². The minimum Gasteiger partial charge on any atom is -0.399 e. The van der Waals surface area contributed by atoms with Crippen molar-refractivity contribution in [2.24, 2.45) is 0 Å². The Morgan fingerprint density at radius 2 is 2.00 bits per heavy atom. The second-order valence-electron chi connectivity index (χ2n) is 4.25. The van der Waals surface area contributed by atoms with Crippen LogP contribution in [0.15, 0.2) is 23.1 Å². The number of anilines is 1. The molecule has 0 saturated heterocycles. The van der Waals surface area contributed by atoms with E-state index in [9.17, 15) is 17.4 Å². The van der Waals surface area contributed by atoms with Gasteiger partial charge in [-0.3, -0.25) is 9.00 Å². The number of carbonyl (C=O) groups is 1. The Labute approximate surface area is 121 Å². The largest absolute Gasteiger partial charge is 0.399 e. The second-order valence-corrected chi connectivity index (χ2v) is 8.13. The third kappa shape index (κ3) is 4.93. The van der Waals surface area contributed by atoms with Crippen molar-refractivity contribution in [2.45, 2.75) is 11.8 Å². The van der Waals surface area contributed by atoms with E-state index in [4.69, 9.17) is 5.73 Å². The molecule has 20 heavy (non-hydrogen) atoms. The van der Waals surface area contributed by atoms with Gasteiger partial charge in [0.2, 0.25) is 0 Å². The second kappa shape index (κ2) is 6.85. The molecule has 1 aromatic carbocycles. The van der Waals surface area contributed by atoms with E-state index < -0.39 is 26.5 Å². The Kier molecular flexibility index (Phi) is 5.70. The first-order valence-electron chi connectivity index (χ1n) is 5.98. The maximum Gasteiger partial charge on any atom is 0.251 e. The van der Waals surface area contributed by atoms with Crippen LogP contribution >= 0.6 is 0 Å². The van der Waals surface area contributed by atoms with Crippen molar-refractivity contribution < 1.29 is 17.4 Å². The first-order chi connectivity index (χ1) is 9.24. The Morgan fingerprint density at radius 1 is 1.35 bits per heavy atom. The predicted molar refractivity (Wildman–Crippen MR) is 79.8 cm³/mol. The standard InChI is InChI=1S/C12H18N2O4S2/c1-3-19(16)5-4-14-12(15)9-6-10(13)8-11(7-9)20(2,17)18/h6-8H,3-5,13H2,1-2H3,(H,14,15). The van der Waals surface area contributed by atoms with Crippen LogP contribution in [0, 0.1) is 0 Å². The summed E-state index contributed by atoms with van der Waals surface area (Å²) in [6.07, 6.45) is 1.05. The molecule has 3 N–H and O–H groups in total. The number of amides is 1. The van der Waals surface area contributed by atoms with Crippen LogP contribution in [-0.4, -0.2) is 42.8 Å². The summed E-state index contributed by atoms with van der Waals surface area (Å²) >= 11 is 0. The Morgan fingerprint density at radius 3 is 2.55 bits per heavy atom. The lowest BCUT2D eigenvalue weighted by Crippen LogP contribution is -2.28. The average Bonchev–Trinajstić information content (AvgIpc) is 2.36. The summed E-state index contributed by atoms with van der Waals surface area (Å²) in [5.74, 6) is 0.464. The van der Waals surface area contributed by atoms with E-state index in [0.29, 0.717) is 11.5 Å². The van der Waals surface area contributed by atoms with Crippen LogP contribution < -0.4 is 11.1 Å². The number of carbonyl (C=O) groups excluding carboxylic acids is 1. The van der Waals surface area contributed by atoms with Gasteiger partial charge in [0.1, 0.15) is 0 Å². The molecule has 0 spiro atoms. The first-order valence-corrected chi connectivity index (χ1v) is 9.35. The van der Waals surface area contributed by atoms with E-state index in [1.807, 2.05) is 0 Å². The van der Waals surface area contributed by atoms with Crippen LogP contribution in [-0.2, 0) is 20.6 Å². The van der Waals surface area contributed by atoms with Crippen LogP contribution in [0.2, 0.25) is 0 Å². The summed E-state index contributed by atoms with van der Waals surface area (Å²) in [5, 5.41) is 2.59. The summed E-state index contributed by atoms with van der Waals surface area (Å²) in [7, 11) is -4.39. The topological polar surface area (TPSA) is 106 Å². The molecule has 1 atom stereocenters. The van der Waals surface area contributed by atoms with Gasteiger partial charge in [-0.1, -0.05) is 6.92 Å². The lowest BCUT2D eigenvalue weighted by atomic mass is 10.2. The fourth-order valence-corrected chi connectivity index (χ4v) is 2.80. The zero-order valence-corrected chi connectivity index (χ0v) is 13.0. The van der Waals surface area contributed by atoms with E-state index in [2.05, 4.69) is 5.32 Å². The minimum atomic E-state index is -3.43. The van der Waals surface area contributed by atoms with Gasteiger partial charge >= 0.3 is 0 Å². The molecule has 1 unspecified atom stereocenters. The van der Waals surface area contributed by atoms with Gasteiger partial charge in [0, 0.05) is 46.4 Å². The molecule has 1 rings (SSSR count). The monoisotopic (exact) mass is 318 g/mol. The highest BCUT2D eigenvalue weighted by Crippen LogP contribution is 2.16. The van der Waals surface area contributed by atoms with Crippen molar-refractivity contribution in [1.29, 1.82) is 0 Å². The van der Waals surface area contributed by atoms with Crippen molar-refractivity contribution in [1.82, 2.24) is 5.32 Å². The normalized spacial score (nSPS) is 12.9. The molecule has 6 nitrogen and oxygen atoms in total. The van der Waals surface area contributed by atoms with Gasteiger partial charge in [-0.2, -0.15) is 0 Å². The fourth-order valence-electron chi connectivity index (χ4n) is 1.49. The summed E-state index contributed by atoms with van der Waals surface area (Å²) < 4.78 is 34.2. The lowest BCUT2D eigenvalue weighted by molar-refractivity contribution is 0.0956. The average molecular weight is 318 g/mol. The summed E-state index contributed by atoms with van der Waals surface area (Å²) in [6, 6.07) is 3.98. The molecule has 0 fully saturated rings. The van der Waals surface area contributed by atoms with E-state index >= 15 is 0 Å². The first kappa shape index (κ1) is 16.6. The van der Waals surface area contributed by atoms with Crippen LogP contribution in [0.4, 0.5) is 5.69 Å². The van der Waals surface area contributed by atoms with Gasteiger partial charge in [0.25, 0.3) is 5.91 Å². The zero-order chi connectivity index (χ0) is 15.3. The number of nitrogen functional groups attached to an aromatic ring is 1. The predicted octanol–water partition coefficient (Wildman–Crippen LogP) is 0.171. The highest BCUT2D eigenvalue weighted by Gasteiger charge is 2.13. The molecule has 8 heteroatoms. The number of rotatable bonds is 6. The molecular weight excluding hydrogens is 300 g/mol. The summed E-state index contributed by atoms with van der Waals surface area (Å²) in [5.41, 5.74) is 5.98. The van der Waals surface area contributed by atoms with E-state index in [0.717, 1.165) is 6.26 Å². The van der Waals surface area contributed by atoms with E-state index in [1.165, 1.54) is 18.2 Å². The number of hydrogen-bond acceptors (Lipinski definition) is 5. The molecule has 1 amide bonds.